The molecule has 1 aromatic heterocycles. The van der Waals surface area contributed by atoms with E-state index >= 15 is 0 Å². The monoisotopic (exact) mass is 286 g/mol. The molecule has 0 aliphatic carbocycles. The second kappa shape index (κ2) is 5.24. The normalized spacial score (nSPS) is 14.5. The molecular formula is C15H11FN2O3. The zero-order valence-corrected chi connectivity index (χ0v) is 10.9. The van der Waals surface area contributed by atoms with E-state index < -0.39 is 17.6 Å². The van der Waals surface area contributed by atoms with Crippen LogP contribution in [0.5, 0.6) is 0 Å². The minimum absolute atomic E-state index is 0.0386. The summed E-state index contributed by atoms with van der Waals surface area (Å²) in [6.07, 6.45) is 2.62. The van der Waals surface area contributed by atoms with Crippen LogP contribution in [-0.2, 0) is 16.1 Å². The standard InChI is InChI=1S/C15H11FN2O3/c16-11-5-1-2-6-12(11)17-13-8-14(19)18(15(13)20)9-10-4-3-7-21-10/h1-8,17H,9H2. The van der Waals surface area contributed by atoms with Crippen molar-refractivity contribution in [3.63, 3.8) is 0 Å². The van der Waals surface area contributed by atoms with Gasteiger partial charge in [0.15, 0.2) is 0 Å². The molecule has 1 aliphatic heterocycles. The lowest BCUT2D eigenvalue weighted by Gasteiger charge is -2.13. The van der Waals surface area contributed by atoms with Crippen LogP contribution < -0.4 is 5.32 Å². The molecule has 0 radical (unpaired) electrons. The minimum atomic E-state index is -0.514. The first-order chi connectivity index (χ1) is 10.1. The van der Waals surface area contributed by atoms with Gasteiger partial charge in [-0.3, -0.25) is 14.5 Å². The molecule has 1 aromatic carbocycles. The Hall–Kier alpha value is -2.89. The van der Waals surface area contributed by atoms with Crippen LogP contribution in [0.15, 0.2) is 58.9 Å². The smallest absolute Gasteiger partial charge is 0.277 e. The Labute approximate surface area is 119 Å². The fourth-order valence-corrected chi connectivity index (χ4v) is 2.01. The molecular weight excluding hydrogens is 275 g/mol. The molecule has 0 unspecified atom stereocenters. The first-order valence-electron chi connectivity index (χ1n) is 6.26. The molecule has 0 fully saturated rings. The molecule has 2 amide bonds. The van der Waals surface area contributed by atoms with E-state index in [9.17, 15) is 14.0 Å². The number of halogens is 1. The van der Waals surface area contributed by atoms with E-state index in [2.05, 4.69) is 5.32 Å². The van der Waals surface area contributed by atoms with Crippen LogP contribution in [0.25, 0.3) is 0 Å². The number of benzene rings is 1. The maximum atomic E-state index is 13.6. The van der Waals surface area contributed by atoms with Gasteiger partial charge in [-0.15, -0.1) is 0 Å². The van der Waals surface area contributed by atoms with Crippen LogP contribution in [0.3, 0.4) is 0 Å². The Morgan fingerprint density at radius 2 is 1.95 bits per heavy atom. The Morgan fingerprint density at radius 1 is 1.14 bits per heavy atom. The van der Waals surface area contributed by atoms with Crippen molar-refractivity contribution in [1.82, 2.24) is 4.90 Å². The van der Waals surface area contributed by atoms with Gasteiger partial charge in [0.25, 0.3) is 11.8 Å². The summed E-state index contributed by atoms with van der Waals surface area (Å²) in [5, 5.41) is 2.64. The summed E-state index contributed by atoms with van der Waals surface area (Å²) in [6, 6.07) is 9.27. The second-order valence-corrected chi connectivity index (χ2v) is 4.47. The number of para-hydroxylation sites is 1. The number of amides is 2. The number of anilines is 1. The Kier molecular flexibility index (Phi) is 3.27. The van der Waals surface area contributed by atoms with Crippen LogP contribution >= 0.6 is 0 Å². The molecule has 0 saturated carbocycles. The lowest BCUT2D eigenvalue weighted by atomic mass is 10.3. The Balaban J connectivity index is 1.76. The number of furan rings is 1. The van der Waals surface area contributed by atoms with E-state index in [0.29, 0.717) is 5.76 Å². The first kappa shape index (κ1) is 13.1. The number of nitrogens with zero attached hydrogens (tertiary/aromatic N) is 1. The van der Waals surface area contributed by atoms with Gasteiger partial charge in [-0.2, -0.15) is 0 Å². The number of nitrogens with one attached hydrogen (secondary N) is 1. The van der Waals surface area contributed by atoms with E-state index in [4.69, 9.17) is 4.42 Å². The van der Waals surface area contributed by atoms with Crippen LogP contribution in [0.2, 0.25) is 0 Å². The third-order valence-corrected chi connectivity index (χ3v) is 3.05. The fourth-order valence-electron chi connectivity index (χ4n) is 2.01. The molecule has 6 heteroatoms. The average molecular weight is 286 g/mol. The van der Waals surface area contributed by atoms with Gasteiger partial charge in [0.2, 0.25) is 0 Å². The molecule has 0 bridgehead atoms. The topological polar surface area (TPSA) is 62.6 Å². The Morgan fingerprint density at radius 3 is 2.67 bits per heavy atom. The number of carbonyl (C=O) groups is 2. The van der Waals surface area contributed by atoms with Crippen molar-refractivity contribution in [2.24, 2.45) is 0 Å². The predicted octanol–water partition coefficient (Wildman–Crippen LogP) is 2.28. The highest BCUT2D eigenvalue weighted by Crippen LogP contribution is 2.21. The van der Waals surface area contributed by atoms with Gasteiger partial charge in [-0.05, 0) is 24.3 Å². The highest BCUT2D eigenvalue weighted by molar-refractivity contribution is 6.17. The van der Waals surface area contributed by atoms with Crippen molar-refractivity contribution in [2.45, 2.75) is 6.54 Å². The number of hydrogen-bond acceptors (Lipinski definition) is 4. The molecule has 106 valence electrons. The van der Waals surface area contributed by atoms with Crippen molar-refractivity contribution in [3.8, 4) is 0 Å². The predicted molar refractivity (Wildman–Crippen MR) is 72.4 cm³/mol. The van der Waals surface area contributed by atoms with Crippen molar-refractivity contribution < 1.29 is 18.4 Å². The minimum Gasteiger partial charge on any atom is -0.467 e. The molecule has 2 heterocycles. The summed E-state index contributed by atoms with van der Waals surface area (Å²) >= 11 is 0. The van der Waals surface area contributed by atoms with Crippen molar-refractivity contribution in [2.75, 3.05) is 5.32 Å². The highest BCUT2D eigenvalue weighted by atomic mass is 19.1. The van der Waals surface area contributed by atoms with E-state index in [1.165, 1.54) is 18.4 Å². The lowest BCUT2D eigenvalue weighted by molar-refractivity contribution is -0.138. The summed E-state index contributed by atoms with van der Waals surface area (Å²) in [7, 11) is 0. The van der Waals surface area contributed by atoms with Gasteiger partial charge in [-0.1, -0.05) is 12.1 Å². The molecule has 0 atom stereocenters. The van der Waals surface area contributed by atoms with Crippen molar-refractivity contribution >= 4 is 17.5 Å². The second-order valence-electron chi connectivity index (χ2n) is 4.47. The summed E-state index contributed by atoms with van der Waals surface area (Å²) in [6.45, 7) is 0.0453. The number of rotatable bonds is 4. The van der Waals surface area contributed by atoms with Crippen LogP contribution in [0, 0.1) is 5.82 Å². The van der Waals surface area contributed by atoms with Crippen molar-refractivity contribution in [1.29, 1.82) is 0 Å². The molecule has 21 heavy (non-hydrogen) atoms. The van der Waals surface area contributed by atoms with Gasteiger partial charge in [-0.25, -0.2) is 4.39 Å². The Bertz CT molecular complexity index is 722. The number of imide groups is 1. The van der Waals surface area contributed by atoms with Gasteiger partial charge in [0, 0.05) is 6.08 Å². The van der Waals surface area contributed by atoms with E-state index in [1.807, 2.05) is 0 Å². The maximum absolute atomic E-state index is 13.6. The summed E-state index contributed by atoms with van der Waals surface area (Å²) in [4.78, 5) is 25.0. The quantitative estimate of drug-likeness (QED) is 0.876. The van der Waals surface area contributed by atoms with E-state index in [0.717, 1.165) is 11.0 Å². The summed E-state index contributed by atoms with van der Waals surface area (Å²) in [5.41, 5.74) is 0.182. The molecule has 1 aliphatic rings. The first-order valence-corrected chi connectivity index (χ1v) is 6.26. The maximum Gasteiger partial charge on any atom is 0.277 e. The molecule has 2 aromatic rings. The third kappa shape index (κ3) is 2.55. The van der Waals surface area contributed by atoms with Gasteiger partial charge >= 0.3 is 0 Å². The van der Waals surface area contributed by atoms with Gasteiger partial charge in [0.1, 0.15) is 17.3 Å². The summed E-state index contributed by atoms with van der Waals surface area (Å²) in [5.74, 6) is -0.977. The van der Waals surface area contributed by atoms with Gasteiger partial charge < -0.3 is 9.73 Å². The zero-order chi connectivity index (χ0) is 14.8. The fraction of sp³-hybridized carbons (Fsp3) is 0.0667. The van der Waals surface area contributed by atoms with E-state index in [1.54, 1.807) is 24.3 Å². The number of hydrogen-bond donors (Lipinski definition) is 1. The van der Waals surface area contributed by atoms with Crippen LogP contribution in [0.4, 0.5) is 10.1 Å². The van der Waals surface area contributed by atoms with Crippen LogP contribution in [-0.4, -0.2) is 16.7 Å². The SMILES string of the molecule is O=C1C=C(Nc2ccccc2F)C(=O)N1Cc1ccco1. The van der Waals surface area contributed by atoms with Gasteiger partial charge in [0.05, 0.1) is 18.5 Å². The molecule has 0 spiro atoms. The zero-order valence-electron chi connectivity index (χ0n) is 10.9. The molecule has 1 N–H and O–H groups in total. The molecule has 0 saturated heterocycles. The number of carbonyl (C=O) groups excluding carboxylic acids is 2. The van der Waals surface area contributed by atoms with Crippen molar-refractivity contribution in [3.05, 3.63) is 66.0 Å². The molecule has 3 rings (SSSR count). The third-order valence-electron chi connectivity index (χ3n) is 3.05. The average Bonchev–Trinajstić information content (AvgIpc) is 3.06. The van der Waals surface area contributed by atoms with Crippen LogP contribution in [0.1, 0.15) is 5.76 Å². The summed E-state index contributed by atoms with van der Waals surface area (Å²) < 4.78 is 18.7. The molecule has 5 nitrogen and oxygen atoms in total. The largest absolute Gasteiger partial charge is 0.467 e. The highest BCUT2D eigenvalue weighted by Gasteiger charge is 2.32. The van der Waals surface area contributed by atoms with E-state index in [-0.39, 0.29) is 17.9 Å². The lowest BCUT2D eigenvalue weighted by Crippen LogP contribution is -2.31.